The van der Waals surface area contributed by atoms with Gasteiger partial charge in [-0.15, -0.1) is 0 Å². The molecule has 1 aliphatic heterocycles. The van der Waals surface area contributed by atoms with Crippen molar-refractivity contribution in [3.05, 3.63) is 48.9 Å². The SMILES string of the molecule is COc1ccnc(N2CCN(c3nccc(-c4ccccn4)n3)CC2)n1. The number of hydrogen-bond donors (Lipinski definition) is 0. The number of anilines is 2. The summed E-state index contributed by atoms with van der Waals surface area (Å²) in [4.78, 5) is 26.5. The van der Waals surface area contributed by atoms with E-state index in [4.69, 9.17) is 4.74 Å². The number of ether oxygens (including phenoxy) is 1. The molecule has 1 saturated heterocycles. The zero-order chi connectivity index (χ0) is 17.8. The van der Waals surface area contributed by atoms with Gasteiger partial charge in [-0.25, -0.2) is 15.0 Å². The Morgan fingerprint density at radius 1 is 0.731 bits per heavy atom. The first-order valence-electron chi connectivity index (χ1n) is 8.45. The molecule has 3 aromatic heterocycles. The highest BCUT2D eigenvalue weighted by Gasteiger charge is 2.21. The van der Waals surface area contributed by atoms with Crippen LogP contribution in [0.25, 0.3) is 11.4 Å². The van der Waals surface area contributed by atoms with Crippen molar-refractivity contribution in [2.24, 2.45) is 0 Å². The summed E-state index contributed by atoms with van der Waals surface area (Å²) in [5.74, 6) is 1.98. The molecule has 3 aromatic rings. The van der Waals surface area contributed by atoms with Crippen LogP contribution in [0.4, 0.5) is 11.9 Å². The molecular formula is C18H19N7O. The van der Waals surface area contributed by atoms with Gasteiger partial charge in [0, 0.05) is 50.8 Å². The summed E-state index contributed by atoms with van der Waals surface area (Å²) in [5.41, 5.74) is 1.67. The average Bonchev–Trinajstić information content (AvgIpc) is 2.75. The van der Waals surface area contributed by atoms with Crippen LogP contribution in [-0.4, -0.2) is 58.2 Å². The molecule has 0 N–H and O–H groups in total. The summed E-state index contributed by atoms with van der Waals surface area (Å²) in [7, 11) is 1.61. The van der Waals surface area contributed by atoms with Crippen LogP contribution >= 0.6 is 0 Å². The molecule has 0 aromatic carbocycles. The summed E-state index contributed by atoms with van der Waals surface area (Å²) in [5, 5.41) is 0. The van der Waals surface area contributed by atoms with Gasteiger partial charge >= 0.3 is 0 Å². The van der Waals surface area contributed by atoms with Crippen LogP contribution < -0.4 is 14.5 Å². The van der Waals surface area contributed by atoms with Crippen molar-refractivity contribution in [3.63, 3.8) is 0 Å². The third kappa shape index (κ3) is 3.39. The predicted molar refractivity (Wildman–Crippen MR) is 98.3 cm³/mol. The van der Waals surface area contributed by atoms with Gasteiger partial charge in [-0.1, -0.05) is 6.07 Å². The second-order valence-electron chi connectivity index (χ2n) is 5.83. The quantitative estimate of drug-likeness (QED) is 0.704. The largest absolute Gasteiger partial charge is 0.481 e. The zero-order valence-corrected chi connectivity index (χ0v) is 14.5. The summed E-state index contributed by atoms with van der Waals surface area (Å²) < 4.78 is 5.18. The molecule has 0 amide bonds. The van der Waals surface area contributed by atoms with E-state index >= 15 is 0 Å². The molecule has 0 unspecified atom stereocenters. The van der Waals surface area contributed by atoms with Crippen molar-refractivity contribution >= 4 is 11.9 Å². The van der Waals surface area contributed by atoms with Gasteiger partial charge in [0.1, 0.15) is 0 Å². The normalized spacial score (nSPS) is 14.3. The first-order chi connectivity index (χ1) is 12.8. The van der Waals surface area contributed by atoms with E-state index < -0.39 is 0 Å². The van der Waals surface area contributed by atoms with E-state index in [0.717, 1.165) is 43.5 Å². The molecule has 8 nitrogen and oxygen atoms in total. The van der Waals surface area contributed by atoms with Crippen LogP contribution in [0, 0.1) is 0 Å². The minimum Gasteiger partial charge on any atom is -0.481 e. The van der Waals surface area contributed by atoms with E-state index in [0.29, 0.717) is 11.8 Å². The zero-order valence-electron chi connectivity index (χ0n) is 14.5. The molecule has 0 saturated carbocycles. The van der Waals surface area contributed by atoms with Gasteiger partial charge in [0.15, 0.2) is 0 Å². The lowest BCUT2D eigenvalue weighted by Gasteiger charge is -2.34. The van der Waals surface area contributed by atoms with E-state index in [2.05, 4.69) is 34.7 Å². The van der Waals surface area contributed by atoms with Crippen molar-refractivity contribution in [2.45, 2.75) is 0 Å². The van der Waals surface area contributed by atoms with Gasteiger partial charge in [-0.05, 0) is 18.2 Å². The lowest BCUT2D eigenvalue weighted by Crippen LogP contribution is -2.47. The number of hydrogen-bond acceptors (Lipinski definition) is 8. The molecular weight excluding hydrogens is 330 g/mol. The summed E-state index contributed by atoms with van der Waals surface area (Å²) in [6, 6.07) is 9.43. The highest BCUT2D eigenvalue weighted by molar-refractivity contribution is 5.55. The first-order valence-corrected chi connectivity index (χ1v) is 8.45. The van der Waals surface area contributed by atoms with Gasteiger partial charge in [-0.2, -0.15) is 4.98 Å². The maximum Gasteiger partial charge on any atom is 0.228 e. The maximum atomic E-state index is 5.18. The monoisotopic (exact) mass is 349 g/mol. The van der Waals surface area contributed by atoms with Crippen molar-refractivity contribution in [1.29, 1.82) is 0 Å². The molecule has 4 rings (SSSR count). The van der Waals surface area contributed by atoms with Crippen molar-refractivity contribution < 1.29 is 4.74 Å². The number of aromatic nitrogens is 5. The summed E-state index contributed by atoms with van der Waals surface area (Å²) >= 11 is 0. The molecule has 4 heterocycles. The second-order valence-corrected chi connectivity index (χ2v) is 5.83. The standard InChI is InChI=1S/C18H19N7O/c1-26-16-6-9-21-18(23-16)25-12-10-24(11-13-25)17-20-8-5-15(22-17)14-4-2-3-7-19-14/h2-9H,10-13H2,1H3. The number of pyridine rings is 1. The second kappa shape index (κ2) is 7.30. The van der Waals surface area contributed by atoms with E-state index in [1.54, 1.807) is 31.8 Å². The Balaban J connectivity index is 1.46. The Morgan fingerprint density at radius 2 is 1.42 bits per heavy atom. The van der Waals surface area contributed by atoms with Crippen molar-refractivity contribution in [1.82, 2.24) is 24.9 Å². The van der Waals surface area contributed by atoms with Crippen LogP contribution in [0.3, 0.4) is 0 Å². The fraction of sp³-hybridized carbons (Fsp3) is 0.278. The predicted octanol–water partition coefficient (Wildman–Crippen LogP) is 1.66. The van der Waals surface area contributed by atoms with Crippen LogP contribution in [0.2, 0.25) is 0 Å². The van der Waals surface area contributed by atoms with E-state index in [1.807, 2.05) is 24.3 Å². The lowest BCUT2D eigenvalue weighted by molar-refractivity contribution is 0.396. The van der Waals surface area contributed by atoms with E-state index in [9.17, 15) is 0 Å². The first kappa shape index (κ1) is 16.2. The Labute approximate surface area is 151 Å². The smallest absolute Gasteiger partial charge is 0.228 e. The molecule has 0 bridgehead atoms. The minimum atomic E-state index is 0.573. The van der Waals surface area contributed by atoms with Gasteiger partial charge in [0.2, 0.25) is 17.8 Å². The fourth-order valence-corrected chi connectivity index (χ4v) is 2.86. The highest BCUT2D eigenvalue weighted by Crippen LogP contribution is 2.19. The third-order valence-corrected chi connectivity index (χ3v) is 4.24. The van der Waals surface area contributed by atoms with Gasteiger partial charge < -0.3 is 14.5 Å². The molecule has 0 atom stereocenters. The van der Waals surface area contributed by atoms with Crippen LogP contribution in [-0.2, 0) is 0 Å². The molecule has 1 aliphatic rings. The van der Waals surface area contributed by atoms with Crippen molar-refractivity contribution in [2.75, 3.05) is 43.1 Å². The Morgan fingerprint density at radius 3 is 2.08 bits per heavy atom. The highest BCUT2D eigenvalue weighted by atomic mass is 16.5. The van der Waals surface area contributed by atoms with Gasteiger partial charge in [-0.3, -0.25) is 4.98 Å². The summed E-state index contributed by atoms with van der Waals surface area (Å²) in [6.07, 6.45) is 5.26. The minimum absolute atomic E-state index is 0.573. The molecule has 26 heavy (non-hydrogen) atoms. The third-order valence-electron chi connectivity index (χ3n) is 4.24. The molecule has 0 radical (unpaired) electrons. The molecule has 0 aliphatic carbocycles. The topological polar surface area (TPSA) is 80.2 Å². The Kier molecular flexibility index (Phi) is 4.55. The molecule has 132 valence electrons. The fourth-order valence-electron chi connectivity index (χ4n) is 2.86. The van der Waals surface area contributed by atoms with E-state index in [1.165, 1.54) is 0 Å². The molecule has 0 spiro atoms. The van der Waals surface area contributed by atoms with Crippen LogP contribution in [0.15, 0.2) is 48.9 Å². The number of piperazine rings is 1. The number of rotatable bonds is 4. The van der Waals surface area contributed by atoms with Crippen molar-refractivity contribution in [3.8, 4) is 17.3 Å². The van der Waals surface area contributed by atoms with Crippen LogP contribution in [0.5, 0.6) is 5.88 Å². The van der Waals surface area contributed by atoms with Gasteiger partial charge in [0.25, 0.3) is 0 Å². The van der Waals surface area contributed by atoms with Gasteiger partial charge in [0.05, 0.1) is 18.5 Å². The van der Waals surface area contributed by atoms with E-state index in [-0.39, 0.29) is 0 Å². The number of methoxy groups -OCH3 is 1. The average molecular weight is 349 g/mol. The Hall–Kier alpha value is -3.29. The maximum absolute atomic E-state index is 5.18. The molecule has 8 heteroatoms. The summed E-state index contributed by atoms with van der Waals surface area (Å²) in [6.45, 7) is 3.19. The lowest BCUT2D eigenvalue weighted by atomic mass is 10.2. The number of nitrogens with zero attached hydrogens (tertiary/aromatic N) is 7. The van der Waals surface area contributed by atoms with Crippen LogP contribution in [0.1, 0.15) is 0 Å². The Bertz CT molecular complexity index is 866. The molecule has 1 fully saturated rings.